The zero-order valence-electron chi connectivity index (χ0n) is 13.4. The molecule has 2 aromatic carbocycles. The molecule has 0 fully saturated rings. The number of aromatic nitrogens is 3. The number of allylic oxidation sites excluding steroid dienone is 1. The van der Waals surface area contributed by atoms with Gasteiger partial charge in [0.05, 0.1) is 0 Å². The molecule has 24 heavy (non-hydrogen) atoms. The van der Waals surface area contributed by atoms with E-state index in [1.807, 2.05) is 22.8 Å². The van der Waals surface area contributed by atoms with Gasteiger partial charge in [-0.1, -0.05) is 42.1 Å². The Bertz CT molecular complexity index is 840. The molecule has 0 atom stereocenters. The first-order valence-electron chi connectivity index (χ1n) is 7.66. The number of aryl methyl sites for hydroxylation is 1. The minimum atomic E-state index is -0.261. The van der Waals surface area contributed by atoms with Crippen molar-refractivity contribution in [1.29, 1.82) is 0 Å². The molecular formula is C19H18FN3S. The summed E-state index contributed by atoms with van der Waals surface area (Å²) in [6, 6.07) is 14.6. The van der Waals surface area contributed by atoms with Gasteiger partial charge in [-0.15, -0.1) is 16.8 Å². The Kier molecular flexibility index (Phi) is 5.11. The maximum Gasteiger partial charge on any atom is 0.192 e. The molecule has 122 valence electrons. The summed E-state index contributed by atoms with van der Waals surface area (Å²) in [5.74, 6) is 1.29. The van der Waals surface area contributed by atoms with Crippen molar-refractivity contribution >= 4 is 11.8 Å². The number of hydrogen-bond donors (Lipinski definition) is 0. The maximum atomic E-state index is 13.1. The summed E-state index contributed by atoms with van der Waals surface area (Å²) in [6.45, 7) is 6.52. The smallest absolute Gasteiger partial charge is 0.192 e. The van der Waals surface area contributed by atoms with Crippen LogP contribution in [0, 0.1) is 12.7 Å². The monoisotopic (exact) mass is 339 g/mol. The molecule has 0 bridgehead atoms. The van der Waals surface area contributed by atoms with E-state index in [0.29, 0.717) is 6.54 Å². The van der Waals surface area contributed by atoms with Crippen LogP contribution in [0.4, 0.5) is 4.39 Å². The Morgan fingerprint density at radius 2 is 1.88 bits per heavy atom. The Hall–Kier alpha value is -2.40. The van der Waals surface area contributed by atoms with Crippen molar-refractivity contribution in [3.8, 4) is 11.4 Å². The summed E-state index contributed by atoms with van der Waals surface area (Å²) in [6.07, 6.45) is 1.81. The van der Waals surface area contributed by atoms with Crippen LogP contribution in [0.3, 0.4) is 0 Å². The molecule has 0 aliphatic heterocycles. The van der Waals surface area contributed by atoms with Gasteiger partial charge in [-0.2, -0.15) is 0 Å². The number of thioether (sulfide) groups is 1. The molecule has 0 unspecified atom stereocenters. The van der Waals surface area contributed by atoms with Crippen LogP contribution in [-0.4, -0.2) is 14.8 Å². The van der Waals surface area contributed by atoms with E-state index in [-0.39, 0.29) is 5.82 Å². The summed E-state index contributed by atoms with van der Waals surface area (Å²) >= 11 is 1.64. The minimum Gasteiger partial charge on any atom is -0.298 e. The molecule has 0 spiro atoms. The fourth-order valence-corrected chi connectivity index (χ4v) is 3.44. The fraction of sp³-hybridized carbons (Fsp3) is 0.158. The zero-order valence-corrected chi connectivity index (χ0v) is 14.3. The lowest BCUT2D eigenvalue weighted by molar-refractivity contribution is 0.628. The molecule has 0 saturated carbocycles. The highest BCUT2D eigenvalue weighted by Crippen LogP contribution is 2.27. The Morgan fingerprint density at radius 1 is 1.12 bits per heavy atom. The van der Waals surface area contributed by atoms with Gasteiger partial charge in [0, 0.05) is 17.9 Å². The molecule has 0 aliphatic rings. The van der Waals surface area contributed by atoms with Crippen molar-refractivity contribution < 1.29 is 4.39 Å². The standard InChI is InChI=1S/C19H18FN3S/c1-3-12-23-18(15-8-10-17(20)11-9-15)21-22-19(23)24-13-16-7-5-4-6-14(16)2/h3-11H,1,12-13H2,2H3. The molecule has 0 aliphatic carbocycles. The first-order valence-corrected chi connectivity index (χ1v) is 8.65. The van der Waals surface area contributed by atoms with Gasteiger partial charge in [0.1, 0.15) is 5.82 Å². The van der Waals surface area contributed by atoms with Crippen molar-refractivity contribution in [3.05, 3.63) is 78.1 Å². The van der Waals surface area contributed by atoms with Gasteiger partial charge in [-0.05, 0) is 42.3 Å². The second-order valence-electron chi connectivity index (χ2n) is 5.43. The summed E-state index contributed by atoms with van der Waals surface area (Å²) < 4.78 is 15.1. The zero-order chi connectivity index (χ0) is 16.9. The van der Waals surface area contributed by atoms with Crippen LogP contribution >= 0.6 is 11.8 Å². The van der Waals surface area contributed by atoms with Gasteiger partial charge < -0.3 is 0 Å². The van der Waals surface area contributed by atoms with Crippen molar-refractivity contribution in [3.63, 3.8) is 0 Å². The van der Waals surface area contributed by atoms with Gasteiger partial charge in [0.25, 0.3) is 0 Å². The van der Waals surface area contributed by atoms with E-state index in [9.17, 15) is 4.39 Å². The first kappa shape index (κ1) is 16.5. The van der Waals surface area contributed by atoms with Gasteiger partial charge in [-0.25, -0.2) is 4.39 Å². The van der Waals surface area contributed by atoms with Crippen LogP contribution in [0.25, 0.3) is 11.4 Å². The van der Waals surface area contributed by atoms with Crippen molar-refractivity contribution in [2.24, 2.45) is 0 Å². The number of rotatable bonds is 6. The van der Waals surface area contributed by atoms with Gasteiger partial charge in [0.15, 0.2) is 11.0 Å². The van der Waals surface area contributed by atoms with E-state index in [2.05, 4.69) is 35.8 Å². The third-order valence-electron chi connectivity index (χ3n) is 3.75. The highest BCUT2D eigenvalue weighted by Gasteiger charge is 2.14. The highest BCUT2D eigenvalue weighted by molar-refractivity contribution is 7.98. The first-order chi connectivity index (χ1) is 11.7. The predicted molar refractivity (Wildman–Crippen MR) is 96.4 cm³/mol. The second-order valence-corrected chi connectivity index (χ2v) is 6.37. The molecule has 3 nitrogen and oxygen atoms in total. The van der Waals surface area contributed by atoms with Crippen LogP contribution < -0.4 is 0 Å². The molecular weight excluding hydrogens is 321 g/mol. The van der Waals surface area contributed by atoms with E-state index in [1.54, 1.807) is 23.9 Å². The summed E-state index contributed by atoms with van der Waals surface area (Å²) in [5.41, 5.74) is 3.38. The normalized spacial score (nSPS) is 10.8. The molecule has 1 aromatic heterocycles. The second kappa shape index (κ2) is 7.45. The van der Waals surface area contributed by atoms with Crippen LogP contribution in [-0.2, 0) is 12.3 Å². The average Bonchev–Trinajstić information content (AvgIpc) is 2.98. The lowest BCUT2D eigenvalue weighted by Crippen LogP contribution is -2.01. The highest BCUT2D eigenvalue weighted by atomic mass is 32.2. The van der Waals surface area contributed by atoms with Crippen LogP contribution in [0.5, 0.6) is 0 Å². The van der Waals surface area contributed by atoms with E-state index in [1.165, 1.54) is 23.3 Å². The molecule has 0 saturated heterocycles. The van der Waals surface area contributed by atoms with E-state index in [4.69, 9.17) is 0 Å². The fourth-order valence-electron chi connectivity index (χ4n) is 2.42. The Balaban J connectivity index is 1.87. The largest absolute Gasteiger partial charge is 0.298 e. The van der Waals surface area contributed by atoms with Crippen LogP contribution in [0.2, 0.25) is 0 Å². The van der Waals surface area contributed by atoms with Crippen molar-refractivity contribution in [2.45, 2.75) is 24.4 Å². The number of benzene rings is 2. The average molecular weight is 339 g/mol. The molecule has 1 heterocycles. The summed E-state index contributed by atoms with van der Waals surface area (Å²) in [4.78, 5) is 0. The molecule has 5 heteroatoms. The molecule has 0 radical (unpaired) electrons. The maximum absolute atomic E-state index is 13.1. The summed E-state index contributed by atoms with van der Waals surface area (Å²) in [7, 11) is 0. The van der Waals surface area contributed by atoms with Gasteiger partial charge in [-0.3, -0.25) is 4.57 Å². The summed E-state index contributed by atoms with van der Waals surface area (Å²) in [5, 5.41) is 9.43. The van der Waals surface area contributed by atoms with Gasteiger partial charge in [0.2, 0.25) is 0 Å². The molecule has 0 N–H and O–H groups in total. The number of halogens is 1. The van der Waals surface area contributed by atoms with Crippen LogP contribution in [0.15, 0.2) is 66.3 Å². The number of nitrogens with zero attached hydrogens (tertiary/aromatic N) is 3. The Labute approximate surface area is 145 Å². The lowest BCUT2D eigenvalue weighted by atomic mass is 10.1. The van der Waals surface area contributed by atoms with Crippen molar-refractivity contribution in [1.82, 2.24) is 14.8 Å². The van der Waals surface area contributed by atoms with Gasteiger partial charge >= 0.3 is 0 Å². The Morgan fingerprint density at radius 3 is 2.58 bits per heavy atom. The third kappa shape index (κ3) is 3.57. The van der Waals surface area contributed by atoms with Crippen LogP contribution in [0.1, 0.15) is 11.1 Å². The van der Waals surface area contributed by atoms with E-state index < -0.39 is 0 Å². The minimum absolute atomic E-state index is 0.261. The number of hydrogen-bond acceptors (Lipinski definition) is 3. The van der Waals surface area contributed by atoms with E-state index >= 15 is 0 Å². The van der Waals surface area contributed by atoms with Crippen molar-refractivity contribution in [2.75, 3.05) is 0 Å². The predicted octanol–water partition coefficient (Wildman–Crippen LogP) is 4.87. The molecule has 0 amide bonds. The quantitative estimate of drug-likeness (QED) is 0.474. The SMILES string of the molecule is C=CCn1c(SCc2ccccc2C)nnc1-c1ccc(F)cc1. The molecule has 3 rings (SSSR count). The topological polar surface area (TPSA) is 30.7 Å². The molecule has 3 aromatic rings. The lowest BCUT2D eigenvalue weighted by Gasteiger charge is -2.08. The van der Waals surface area contributed by atoms with E-state index in [0.717, 1.165) is 22.3 Å². The third-order valence-corrected chi connectivity index (χ3v) is 4.76.